The molecular formula is C21H16FN3O2S. The lowest BCUT2D eigenvalue weighted by Gasteiger charge is -2.06. The Labute approximate surface area is 164 Å². The number of anilines is 1. The number of thiazole rings is 1. The average Bonchev–Trinajstić information content (AvgIpc) is 3.29. The van der Waals surface area contributed by atoms with E-state index in [4.69, 9.17) is 0 Å². The molecule has 0 spiro atoms. The Morgan fingerprint density at radius 3 is 2.50 bits per heavy atom. The number of hydrogen-bond acceptors (Lipinski definition) is 4. The van der Waals surface area contributed by atoms with Gasteiger partial charge in [-0.15, -0.1) is 11.3 Å². The molecule has 1 amide bonds. The van der Waals surface area contributed by atoms with E-state index in [1.165, 1.54) is 24.3 Å². The highest BCUT2D eigenvalue weighted by Crippen LogP contribution is 2.23. The minimum Gasteiger partial charge on any atom is -0.326 e. The van der Waals surface area contributed by atoms with Crippen LogP contribution in [0.3, 0.4) is 0 Å². The van der Waals surface area contributed by atoms with E-state index >= 15 is 0 Å². The fourth-order valence-electron chi connectivity index (χ4n) is 2.82. The largest absolute Gasteiger partial charge is 0.326 e. The Morgan fingerprint density at radius 2 is 1.79 bits per heavy atom. The smallest absolute Gasteiger partial charge is 0.224 e. The van der Waals surface area contributed by atoms with Crippen LogP contribution in [0.4, 0.5) is 10.1 Å². The predicted molar refractivity (Wildman–Crippen MR) is 107 cm³/mol. The first-order valence-corrected chi connectivity index (χ1v) is 9.58. The normalized spacial score (nSPS) is 10.9. The Bertz CT molecular complexity index is 1100. The fourth-order valence-corrected chi connectivity index (χ4v) is 3.52. The maximum atomic E-state index is 12.9. The van der Waals surface area contributed by atoms with Gasteiger partial charge in [0.15, 0.2) is 10.7 Å². The van der Waals surface area contributed by atoms with Crippen molar-refractivity contribution in [1.29, 1.82) is 0 Å². The quantitative estimate of drug-likeness (QED) is 0.479. The molecule has 0 fully saturated rings. The maximum Gasteiger partial charge on any atom is 0.224 e. The van der Waals surface area contributed by atoms with Gasteiger partial charge in [0.05, 0.1) is 5.69 Å². The molecule has 1 N–H and O–H groups in total. The summed E-state index contributed by atoms with van der Waals surface area (Å²) in [5, 5.41) is 4.76. The molecule has 28 heavy (non-hydrogen) atoms. The molecule has 4 rings (SSSR count). The third-order valence-electron chi connectivity index (χ3n) is 4.30. The van der Waals surface area contributed by atoms with E-state index < -0.39 is 5.82 Å². The lowest BCUT2D eigenvalue weighted by molar-refractivity contribution is -0.116. The number of ketones is 1. The standard InChI is InChI=1S/C21H16FN3O2S/c22-16-5-1-15(2-6-16)19(26)9-10-20(27)23-17-7-3-14(4-8-17)18-13-25-11-12-28-21(25)24-18/h1-8,11-13H,9-10H2,(H,23,27). The minimum absolute atomic E-state index is 0.0648. The van der Waals surface area contributed by atoms with Crippen LogP contribution in [0.5, 0.6) is 0 Å². The van der Waals surface area contributed by atoms with Gasteiger partial charge < -0.3 is 5.32 Å². The monoisotopic (exact) mass is 393 g/mol. The number of halogens is 1. The van der Waals surface area contributed by atoms with E-state index in [1.807, 2.05) is 46.4 Å². The van der Waals surface area contributed by atoms with Crippen molar-refractivity contribution in [1.82, 2.24) is 9.38 Å². The second-order valence-electron chi connectivity index (χ2n) is 6.27. The SMILES string of the molecule is O=C(CCC(=O)c1ccc(F)cc1)Nc1ccc(-c2cn3ccsc3n2)cc1. The van der Waals surface area contributed by atoms with Crippen LogP contribution < -0.4 is 5.32 Å². The fraction of sp³-hybridized carbons (Fsp3) is 0.0952. The van der Waals surface area contributed by atoms with Gasteiger partial charge in [0.1, 0.15) is 5.82 Å². The molecule has 5 nitrogen and oxygen atoms in total. The van der Waals surface area contributed by atoms with E-state index in [9.17, 15) is 14.0 Å². The number of amides is 1. The molecule has 0 bridgehead atoms. The number of imidazole rings is 1. The van der Waals surface area contributed by atoms with Gasteiger partial charge in [-0.05, 0) is 36.4 Å². The summed E-state index contributed by atoms with van der Waals surface area (Å²) < 4.78 is 14.9. The number of Topliss-reactive ketones (excluding diaryl/α,β-unsaturated/α-hetero) is 1. The molecule has 0 unspecified atom stereocenters. The average molecular weight is 393 g/mol. The predicted octanol–water partition coefficient (Wildman–Crippen LogP) is 4.80. The molecule has 2 heterocycles. The van der Waals surface area contributed by atoms with Crippen molar-refractivity contribution in [3.63, 3.8) is 0 Å². The highest BCUT2D eigenvalue weighted by atomic mass is 32.1. The molecule has 4 aromatic rings. The lowest BCUT2D eigenvalue weighted by Crippen LogP contribution is -2.13. The molecule has 7 heteroatoms. The number of nitrogens with zero attached hydrogens (tertiary/aromatic N) is 2. The molecule has 0 aliphatic rings. The van der Waals surface area contributed by atoms with E-state index in [2.05, 4.69) is 10.3 Å². The first kappa shape index (κ1) is 18.1. The van der Waals surface area contributed by atoms with E-state index in [0.29, 0.717) is 11.3 Å². The first-order valence-electron chi connectivity index (χ1n) is 8.70. The molecule has 140 valence electrons. The van der Waals surface area contributed by atoms with Crippen LogP contribution in [0.15, 0.2) is 66.3 Å². The maximum absolute atomic E-state index is 12.9. The van der Waals surface area contributed by atoms with Crippen LogP contribution in [0, 0.1) is 5.82 Å². The summed E-state index contributed by atoms with van der Waals surface area (Å²) in [4.78, 5) is 29.6. The highest BCUT2D eigenvalue weighted by Gasteiger charge is 2.10. The van der Waals surface area contributed by atoms with Gasteiger partial charge in [0, 0.05) is 47.4 Å². The zero-order chi connectivity index (χ0) is 19.5. The van der Waals surface area contributed by atoms with Gasteiger partial charge in [0.25, 0.3) is 0 Å². The van der Waals surface area contributed by atoms with Crippen molar-refractivity contribution in [3.8, 4) is 11.3 Å². The van der Waals surface area contributed by atoms with Crippen molar-refractivity contribution in [2.45, 2.75) is 12.8 Å². The van der Waals surface area contributed by atoms with Gasteiger partial charge in [-0.3, -0.25) is 14.0 Å². The molecular weight excluding hydrogens is 377 g/mol. The molecule has 0 saturated heterocycles. The highest BCUT2D eigenvalue weighted by molar-refractivity contribution is 7.15. The van der Waals surface area contributed by atoms with Crippen molar-refractivity contribution < 1.29 is 14.0 Å². The van der Waals surface area contributed by atoms with E-state index in [-0.39, 0.29) is 24.5 Å². The Kier molecular flexibility index (Phi) is 4.99. The first-order chi connectivity index (χ1) is 13.6. The third-order valence-corrected chi connectivity index (χ3v) is 5.07. The van der Waals surface area contributed by atoms with Crippen molar-refractivity contribution in [2.75, 3.05) is 5.32 Å². The van der Waals surface area contributed by atoms with Crippen LogP contribution in [0.2, 0.25) is 0 Å². The summed E-state index contributed by atoms with van der Waals surface area (Å²) in [7, 11) is 0. The number of carbonyl (C=O) groups excluding carboxylic acids is 2. The zero-order valence-electron chi connectivity index (χ0n) is 14.8. The van der Waals surface area contributed by atoms with Crippen molar-refractivity contribution >= 4 is 33.7 Å². The van der Waals surface area contributed by atoms with Gasteiger partial charge >= 0.3 is 0 Å². The van der Waals surface area contributed by atoms with Gasteiger partial charge in [0.2, 0.25) is 5.91 Å². The minimum atomic E-state index is -0.395. The van der Waals surface area contributed by atoms with Gasteiger partial charge in [-0.1, -0.05) is 12.1 Å². The molecule has 0 atom stereocenters. The summed E-state index contributed by atoms with van der Waals surface area (Å²) in [6.07, 6.45) is 4.05. The summed E-state index contributed by atoms with van der Waals surface area (Å²) in [5.74, 6) is -0.830. The van der Waals surface area contributed by atoms with Crippen molar-refractivity contribution in [2.24, 2.45) is 0 Å². The third kappa shape index (κ3) is 3.99. The number of fused-ring (bicyclic) bond motifs is 1. The molecule has 0 saturated carbocycles. The number of aromatic nitrogens is 2. The number of carbonyl (C=O) groups is 2. The molecule has 0 radical (unpaired) electrons. The number of benzene rings is 2. The van der Waals surface area contributed by atoms with Gasteiger partial charge in [-0.2, -0.15) is 0 Å². The van der Waals surface area contributed by atoms with Crippen molar-refractivity contribution in [3.05, 3.63) is 77.7 Å². The van der Waals surface area contributed by atoms with Crippen LogP contribution >= 0.6 is 11.3 Å². The lowest BCUT2D eigenvalue weighted by atomic mass is 10.1. The van der Waals surface area contributed by atoms with Gasteiger partial charge in [-0.25, -0.2) is 9.37 Å². The molecule has 0 aliphatic heterocycles. The van der Waals surface area contributed by atoms with Crippen LogP contribution in [0.25, 0.3) is 16.2 Å². The second kappa shape index (κ2) is 7.74. The Hall–Kier alpha value is -3.32. The summed E-state index contributed by atoms with van der Waals surface area (Å²) in [6, 6.07) is 12.7. The van der Waals surface area contributed by atoms with Crippen LogP contribution in [-0.4, -0.2) is 21.1 Å². The van der Waals surface area contributed by atoms with E-state index in [1.54, 1.807) is 11.3 Å². The molecule has 0 aliphatic carbocycles. The summed E-state index contributed by atoms with van der Waals surface area (Å²) in [6.45, 7) is 0. The topological polar surface area (TPSA) is 63.5 Å². The van der Waals surface area contributed by atoms with Crippen LogP contribution in [-0.2, 0) is 4.79 Å². The van der Waals surface area contributed by atoms with E-state index in [0.717, 1.165) is 16.2 Å². The number of nitrogens with one attached hydrogen (secondary N) is 1. The molecule has 2 aromatic heterocycles. The summed E-state index contributed by atoms with van der Waals surface area (Å²) in [5.41, 5.74) is 2.89. The van der Waals surface area contributed by atoms with Crippen LogP contribution in [0.1, 0.15) is 23.2 Å². The Balaban J connectivity index is 1.33. The molecule has 2 aromatic carbocycles. The summed E-state index contributed by atoms with van der Waals surface area (Å²) >= 11 is 1.57. The number of hydrogen-bond donors (Lipinski definition) is 1. The number of rotatable bonds is 6. The zero-order valence-corrected chi connectivity index (χ0v) is 15.6. The second-order valence-corrected chi connectivity index (χ2v) is 7.15. The Morgan fingerprint density at radius 1 is 1.04 bits per heavy atom.